The van der Waals surface area contributed by atoms with Gasteiger partial charge in [-0.25, -0.2) is 4.68 Å². The van der Waals surface area contributed by atoms with E-state index >= 15 is 0 Å². The number of nitrogens with one attached hydrogen (secondary N) is 1. The molecule has 1 N–H and O–H groups in total. The van der Waals surface area contributed by atoms with Crippen molar-refractivity contribution in [2.45, 2.75) is 38.1 Å². The number of hydrogen-bond acceptors (Lipinski definition) is 5. The highest BCUT2D eigenvalue weighted by atomic mass is 16.5. The van der Waals surface area contributed by atoms with Crippen molar-refractivity contribution < 1.29 is 9.53 Å². The smallest absolute Gasteiger partial charge is 0.184 e. The number of ether oxygens (including phenoxy) is 1. The van der Waals surface area contributed by atoms with E-state index in [0.29, 0.717) is 24.1 Å². The van der Waals surface area contributed by atoms with Gasteiger partial charge in [-0.2, -0.15) is 0 Å². The molecular formula is C14H22N4O2. The van der Waals surface area contributed by atoms with Crippen LogP contribution in [-0.2, 0) is 4.74 Å². The first-order valence-corrected chi connectivity index (χ1v) is 7.56. The van der Waals surface area contributed by atoms with E-state index in [2.05, 4.69) is 15.6 Å². The fourth-order valence-electron chi connectivity index (χ4n) is 2.97. The van der Waals surface area contributed by atoms with Gasteiger partial charge in [0.15, 0.2) is 5.78 Å². The number of aromatic nitrogens is 3. The van der Waals surface area contributed by atoms with Crippen LogP contribution >= 0.6 is 0 Å². The number of piperidine rings is 1. The molecule has 2 aliphatic heterocycles. The molecule has 0 aromatic carbocycles. The van der Waals surface area contributed by atoms with Crippen molar-refractivity contribution in [3.8, 4) is 0 Å². The predicted molar refractivity (Wildman–Crippen MR) is 73.7 cm³/mol. The summed E-state index contributed by atoms with van der Waals surface area (Å²) in [4.78, 5) is 12.2. The molecule has 3 heterocycles. The minimum Gasteiger partial charge on any atom is -0.381 e. The molecule has 2 saturated heterocycles. The Morgan fingerprint density at radius 3 is 2.80 bits per heavy atom. The second-order valence-electron chi connectivity index (χ2n) is 5.75. The van der Waals surface area contributed by atoms with Crippen molar-refractivity contribution in [2.24, 2.45) is 5.92 Å². The normalized spacial score (nSPS) is 22.0. The van der Waals surface area contributed by atoms with E-state index in [1.165, 1.54) is 0 Å². The molecule has 110 valence electrons. The van der Waals surface area contributed by atoms with Crippen molar-refractivity contribution in [3.05, 3.63) is 11.9 Å². The van der Waals surface area contributed by atoms with Crippen LogP contribution in [0.2, 0.25) is 0 Å². The fourth-order valence-corrected chi connectivity index (χ4v) is 2.97. The highest BCUT2D eigenvalue weighted by Crippen LogP contribution is 2.21. The number of nitrogens with zero attached hydrogens (tertiary/aromatic N) is 3. The molecule has 0 bridgehead atoms. The zero-order valence-electron chi connectivity index (χ0n) is 11.8. The maximum Gasteiger partial charge on any atom is 0.184 e. The lowest BCUT2D eigenvalue weighted by atomic mass is 9.93. The first kappa shape index (κ1) is 13.7. The minimum absolute atomic E-state index is 0.122. The number of carbonyl (C=O) groups is 1. The number of rotatable bonds is 4. The topological polar surface area (TPSA) is 69.0 Å². The third kappa shape index (κ3) is 3.24. The van der Waals surface area contributed by atoms with Crippen LogP contribution in [0.1, 0.15) is 48.6 Å². The second-order valence-corrected chi connectivity index (χ2v) is 5.75. The highest BCUT2D eigenvalue weighted by molar-refractivity contribution is 5.93. The van der Waals surface area contributed by atoms with E-state index in [1.54, 1.807) is 0 Å². The van der Waals surface area contributed by atoms with Crippen molar-refractivity contribution in [3.63, 3.8) is 0 Å². The number of hydrogen-bond donors (Lipinski definition) is 1. The van der Waals surface area contributed by atoms with Crippen LogP contribution in [0.15, 0.2) is 6.20 Å². The lowest BCUT2D eigenvalue weighted by Gasteiger charge is -2.22. The molecule has 3 rings (SSSR count). The SMILES string of the molecule is O=C(CC1CCOCC1)c1cn(C2CCNCC2)nn1. The average molecular weight is 278 g/mol. The first-order chi connectivity index (χ1) is 9.83. The summed E-state index contributed by atoms with van der Waals surface area (Å²) in [6.07, 6.45) is 6.47. The Bertz CT molecular complexity index is 448. The number of Topliss-reactive ketones (excluding diaryl/α,β-unsaturated/α-hetero) is 1. The Kier molecular flexibility index (Phi) is 4.42. The van der Waals surface area contributed by atoms with E-state index in [9.17, 15) is 4.79 Å². The number of carbonyl (C=O) groups excluding carboxylic acids is 1. The third-order valence-electron chi connectivity index (χ3n) is 4.29. The molecule has 1 aromatic rings. The Labute approximate surface area is 118 Å². The van der Waals surface area contributed by atoms with Gasteiger partial charge in [0.2, 0.25) is 0 Å². The maximum atomic E-state index is 12.2. The van der Waals surface area contributed by atoms with E-state index < -0.39 is 0 Å². The largest absolute Gasteiger partial charge is 0.381 e. The van der Waals surface area contributed by atoms with Crippen molar-refractivity contribution in [2.75, 3.05) is 26.3 Å². The van der Waals surface area contributed by atoms with Gasteiger partial charge in [-0.3, -0.25) is 4.79 Å². The zero-order chi connectivity index (χ0) is 13.8. The molecule has 0 atom stereocenters. The van der Waals surface area contributed by atoms with Crippen LogP contribution in [0, 0.1) is 5.92 Å². The standard InChI is InChI=1S/C14H22N4O2/c19-14(9-11-3-7-20-8-4-11)13-10-18(17-16-13)12-1-5-15-6-2-12/h10-12,15H,1-9H2. The van der Waals surface area contributed by atoms with E-state index in [-0.39, 0.29) is 5.78 Å². The van der Waals surface area contributed by atoms with Gasteiger partial charge in [0.05, 0.1) is 12.2 Å². The molecule has 20 heavy (non-hydrogen) atoms. The molecule has 1 aromatic heterocycles. The lowest BCUT2D eigenvalue weighted by molar-refractivity contribution is 0.0599. The summed E-state index contributed by atoms with van der Waals surface area (Å²) in [6, 6.07) is 0.383. The monoisotopic (exact) mass is 278 g/mol. The summed E-state index contributed by atoms with van der Waals surface area (Å²) in [5.74, 6) is 0.567. The summed E-state index contributed by atoms with van der Waals surface area (Å²) < 4.78 is 7.19. The van der Waals surface area contributed by atoms with Crippen molar-refractivity contribution >= 4 is 5.78 Å². The Balaban J connectivity index is 1.58. The van der Waals surface area contributed by atoms with Crippen LogP contribution in [0.3, 0.4) is 0 Å². The maximum absolute atomic E-state index is 12.2. The molecule has 2 aliphatic rings. The summed E-state index contributed by atoms with van der Waals surface area (Å²) in [5.41, 5.74) is 0.523. The van der Waals surface area contributed by atoms with Crippen molar-refractivity contribution in [1.29, 1.82) is 0 Å². The summed E-state index contributed by atoms with van der Waals surface area (Å²) >= 11 is 0. The van der Waals surface area contributed by atoms with Gasteiger partial charge in [0, 0.05) is 19.6 Å². The van der Waals surface area contributed by atoms with E-state index in [0.717, 1.165) is 52.0 Å². The van der Waals surface area contributed by atoms with E-state index in [1.807, 2.05) is 10.9 Å². The zero-order valence-corrected chi connectivity index (χ0v) is 11.8. The van der Waals surface area contributed by atoms with Gasteiger partial charge in [-0.15, -0.1) is 5.10 Å². The van der Waals surface area contributed by atoms with Crippen molar-refractivity contribution in [1.82, 2.24) is 20.3 Å². The Morgan fingerprint density at radius 2 is 2.05 bits per heavy atom. The summed E-state index contributed by atoms with van der Waals surface area (Å²) in [5, 5.41) is 11.5. The van der Waals surface area contributed by atoms with Crippen LogP contribution < -0.4 is 5.32 Å². The van der Waals surface area contributed by atoms with Gasteiger partial charge in [0.25, 0.3) is 0 Å². The quantitative estimate of drug-likeness (QED) is 0.838. The molecule has 6 nitrogen and oxygen atoms in total. The summed E-state index contributed by atoms with van der Waals surface area (Å²) in [7, 11) is 0. The third-order valence-corrected chi connectivity index (χ3v) is 4.29. The highest BCUT2D eigenvalue weighted by Gasteiger charge is 2.22. The molecule has 0 saturated carbocycles. The van der Waals surface area contributed by atoms with Gasteiger partial charge < -0.3 is 10.1 Å². The fraction of sp³-hybridized carbons (Fsp3) is 0.786. The van der Waals surface area contributed by atoms with Gasteiger partial charge in [0.1, 0.15) is 5.69 Å². The molecule has 0 radical (unpaired) electrons. The van der Waals surface area contributed by atoms with Crippen LogP contribution in [0.25, 0.3) is 0 Å². The molecule has 0 amide bonds. The first-order valence-electron chi connectivity index (χ1n) is 7.56. The van der Waals surface area contributed by atoms with Gasteiger partial charge in [-0.05, 0) is 44.7 Å². The average Bonchev–Trinajstić information content (AvgIpc) is 2.99. The lowest BCUT2D eigenvalue weighted by Crippen LogP contribution is -2.29. The van der Waals surface area contributed by atoms with E-state index in [4.69, 9.17) is 4.74 Å². The second kappa shape index (κ2) is 6.45. The molecular weight excluding hydrogens is 256 g/mol. The van der Waals surface area contributed by atoms with Crippen LogP contribution in [0.4, 0.5) is 0 Å². The molecule has 0 aliphatic carbocycles. The van der Waals surface area contributed by atoms with Crippen LogP contribution in [-0.4, -0.2) is 47.1 Å². The molecule has 2 fully saturated rings. The number of ketones is 1. The molecule has 6 heteroatoms. The predicted octanol–water partition coefficient (Wildman–Crippen LogP) is 1.20. The van der Waals surface area contributed by atoms with Gasteiger partial charge in [-0.1, -0.05) is 5.21 Å². The van der Waals surface area contributed by atoms with Crippen LogP contribution in [0.5, 0.6) is 0 Å². The summed E-state index contributed by atoms with van der Waals surface area (Å²) in [6.45, 7) is 3.57. The van der Waals surface area contributed by atoms with Gasteiger partial charge >= 0.3 is 0 Å². The molecule has 0 spiro atoms. The molecule has 0 unspecified atom stereocenters. The minimum atomic E-state index is 0.122. The Hall–Kier alpha value is -1.27. The Morgan fingerprint density at radius 1 is 1.30 bits per heavy atom.